The highest BCUT2D eigenvalue weighted by Gasteiger charge is 2.30. The third kappa shape index (κ3) is 3.58. The maximum absolute atomic E-state index is 11.6. The van der Waals surface area contributed by atoms with E-state index < -0.39 is 5.41 Å². The molecule has 76 valence electrons. The minimum Gasteiger partial charge on any atom is -0.299 e. The van der Waals surface area contributed by atoms with Crippen LogP contribution in [0.5, 0.6) is 0 Å². The predicted molar refractivity (Wildman–Crippen MR) is 53.1 cm³/mol. The van der Waals surface area contributed by atoms with Crippen LogP contribution in [-0.4, -0.2) is 5.78 Å². The van der Waals surface area contributed by atoms with Gasteiger partial charge in [0.05, 0.1) is 12.1 Å². The van der Waals surface area contributed by atoms with Gasteiger partial charge in [-0.05, 0) is 12.8 Å². The van der Waals surface area contributed by atoms with E-state index in [1.807, 2.05) is 26.0 Å². The summed E-state index contributed by atoms with van der Waals surface area (Å²) < 4.78 is 0. The molecular formula is C11H16N2O. The summed E-state index contributed by atoms with van der Waals surface area (Å²) in [4.78, 5) is 11.6. The topological polar surface area (TPSA) is 64.7 Å². The van der Waals surface area contributed by atoms with Crippen LogP contribution in [0.3, 0.4) is 0 Å². The zero-order chi connectivity index (χ0) is 11.0. The summed E-state index contributed by atoms with van der Waals surface area (Å²) in [5.41, 5.74) is -0.472. The van der Waals surface area contributed by atoms with E-state index in [0.717, 1.165) is 0 Å². The van der Waals surface area contributed by atoms with E-state index in [2.05, 4.69) is 0 Å². The van der Waals surface area contributed by atoms with Crippen molar-refractivity contribution in [3.63, 3.8) is 0 Å². The summed E-state index contributed by atoms with van der Waals surface area (Å²) in [6.07, 6.45) is 2.38. The van der Waals surface area contributed by atoms with Crippen LogP contribution in [0, 0.1) is 28.1 Å². The zero-order valence-electron chi connectivity index (χ0n) is 8.84. The molecule has 3 nitrogen and oxygen atoms in total. The summed E-state index contributed by atoms with van der Waals surface area (Å²) in [6.45, 7) is 3.67. The lowest BCUT2D eigenvalue weighted by molar-refractivity contribution is -0.128. The Morgan fingerprint density at radius 2 is 1.64 bits per heavy atom. The minimum absolute atomic E-state index is 0.156. The third-order valence-electron chi connectivity index (χ3n) is 2.57. The van der Waals surface area contributed by atoms with E-state index in [1.165, 1.54) is 0 Å². The Hall–Kier alpha value is -1.35. The smallest absolute Gasteiger partial charge is 0.138 e. The van der Waals surface area contributed by atoms with Gasteiger partial charge in [0.15, 0.2) is 0 Å². The second-order valence-corrected chi connectivity index (χ2v) is 3.65. The molecule has 0 saturated carbocycles. The Balaban J connectivity index is 4.43. The van der Waals surface area contributed by atoms with E-state index in [4.69, 9.17) is 10.5 Å². The van der Waals surface area contributed by atoms with E-state index in [-0.39, 0.29) is 5.78 Å². The molecule has 0 aliphatic rings. The van der Waals surface area contributed by atoms with Crippen LogP contribution in [0.1, 0.15) is 46.0 Å². The lowest BCUT2D eigenvalue weighted by Gasteiger charge is -2.25. The van der Waals surface area contributed by atoms with Crippen molar-refractivity contribution in [3.8, 4) is 12.1 Å². The first-order chi connectivity index (χ1) is 6.60. The molecule has 0 bridgehead atoms. The second-order valence-electron chi connectivity index (χ2n) is 3.65. The first kappa shape index (κ1) is 12.7. The number of ketones is 1. The molecule has 0 spiro atoms. The Bertz CT molecular complexity index is 252. The highest BCUT2D eigenvalue weighted by molar-refractivity contribution is 5.84. The average Bonchev–Trinajstić information content (AvgIpc) is 2.22. The minimum atomic E-state index is -0.472. The maximum atomic E-state index is 11.6. The number of hydrogen-bond donors (Lipinski definition) is 0. The molecule has 0 saturated heterocycles. The van der Waals surface area contributed by atoms with E-state index in [0.29, 0.717) is 32.1 Å². The molecule has 0 aliphatic heterocycles. The summed E-state index contributed by atoms with van der Waals surface area (Å²) in [5.74, 6) is 0.156. The molecule has 0 radical (unpaired) electrons. The number of carbonyl (C=O) groups excluding carboxylic acids is 1. The Kier molecular flexibility index (Phi) is 5.56. The SMILES string of the molecule is CCC(=O)C(C)(CCC#N)CCC#N. The van der Waals surface area contributed by atoms with Gasteiger partial charge < -0.3 is 0 Å². The number of hydrogen-bond acceptors (Lipinski definition) is 3. The number of Topliss-reactive ketones (excluding diaryl/α,β-unsaturated/α-hetero) is 1. The fourth-order valence-corrected chi connectivity index (χ4v) is 1.49. The van der Waals surface area contributed by atoms with Crippen molar-refractivity contribution >= 4 is 5.78 Å². The number of nitriles is 2. The van der Waals surface area contributed by atoms with Gasteiger partial charge in [0.2, 0.25) is 0 Å². The Morgan fingerprint density at radius 3 is 1.93 bits per heavy atom. The zero-order valence-corrected chi connectivity index (χ0v) is 8.84. The standard InChI is InChI=1S/C11H16N2O/c1-3-10(14)11(2,6-4-8-12)7-5-9-13/h3-7H2,1-2H3. The van der Waals surface area contributed by atoms with Gasteiger partial charge in [0.1, 0.15) is 5.78 Å². The molecule has 0 rings (SSSR count). The molecule has 0 heterocycles. The van der Waals surface area contributed by atoms with Gasteiger partial charge in [-0.15, -0.1) is 0 Å². The van der Waals surface area contributed by atoms with Crippen molar-refractivity contribution in [2.45, 2.75) is 46.0 Å². The molecule has 3 heteroatoms. The van der Waals surface area contributed by atoms with Gasteiger partial charge >= 0.3 is 0 Å². The highest BCUT2D eigenvalue weighted by Crippen LogP contribution is 2.31. The Labute approximate surface area is 85.3 Å². The van der Waals surface area contributed by atoms with Crippen LogP contribution in [-0.2, 0) is 4.79 Å². The summed E-state index contributed by atoms with van der Waals surface area (Å²) in [6, 6.07) is 4.09. The van der Waals surface area contributed by atoms with Crippen LogP contribution in [0.2, 0.25) is 0 Å². The van der Waals surface area contributed by atoms with E-state index in [1.54, 1.807) is 0 Å². The summed E-state index contributed by atoms with van der Waals surface area (Å²) >= 11 is 0. The van der Waals surface area contributed by atoms with Crippen LogP contribution < -0.4 is 0 Å². The average molecular weight is 192 g/mol. The molecule has 0 aromatic rings. The largest absolute Gasteiger partial charge is 0.299 e. The van der Waals surface area contributed by atoms with E-state index >= 15 is 0 Å². The number of carbonyl (C=O) groups is 1. The molecule has 14 heavy (non-hydrogen) atoms. The van der Waals surface area contributed by atoms with Crippen molar-refractivity contribution in [2.24, 2.45) is 5.41 Å². The molecule has 0 N–H and O–H groups in total. The molecule has 0 atom stereocenters. The lowest BCUT2D eigenvalue weighted by Crippen LogP contribution is -2.27. The first-order valence-electron chi connectivity index (χ1n) is 4.88. The van der Waals surface area contributed by atoms with Gasteiger partial charge in [0, 0.05) is 24.7 Å². The number of nitrogens with zero attached hydrogens (tertiary/aromatic N) is 2. The van der Waals surface area contributed by atoms with Crippen LogP contribution in [0.25, 0.3) is 0 Å². The molecule has 0 unspecified atom stereocenters. The maximum Gasteiger partial charge on any atom is 0.138 e. The van der Waals surface area contributed by atoms with Crippen LogP contribution in [0.4, 0.5) is 0 Å². The summed E-state index contributed by atoms with van der Waals surface area (Å²) in [5, 5.41) is 17.0. The highest BCUT2D eigenvalue weighted by atomic mass is 16.1. The molecule has 0 fully saturated rings. The Morgan fingerprint density at radius 1 is 1.21 bits per heavy atom. The fraction of sp³-hybridized carbons (Fsp3) is 0.727. The summed E-state index contributed by atoms with van der Waals surface area (Å²) in [7, 11) is 0. The van der Waals surface area contributed by atoms with Gasteiger partial charge in [-0.25, -0.2) is 0 Å². The molecule has 0 aromatic carbocycles. The molecule has 0 aromatic heterocycles. The van der Waals surface area contributed by atoms with Crippen molar-refractivity contribution in [1.82, 2.24) is 0 Å². The van der Waals surface area contributed by atoms with E-state index in [9.17, 15) is 4.79 Å². The van der Waals surface area contributed by atoms with Crippen molar-refractivity contribution < 1.29 is 4.79 Å². The van der Waals surface area contributed by atoms with Gasteiger partial charge in [-0.3, -0.25) is 4.79 Å². The molecular weight excluding hydrogens is 176 g/mol. The van der Waals surface area contributed by atoms with Crippen molar-refractivity contribution in [1.29, 1.82) is 10.5 Å². The third-order valence-corrected chi connectivity index (χ3v) is 2.57. The normalized spacial score (nSPS) is 10.3. The van der Waals surface area contributed by atoms with Gasteiger partial charge in [-0.1, -0.05) is 13.8 Å². The predicted octanol–water partition coefficient (Wildman–Crippen LogP) is 2.58. The second kappa shape index (κ2) is 6.16. The van der Waals surface area contributed by atoms with Gasteiger partial charge in [0.25, 0.3) is 0 Å². The van der Waals surface area contributed by atoms with Crippen LogP contribution >= 0.6 is 0 Å². The molecule has 0 amide bonds. The van der Waals surface area contributed by atoms with Crippen molar-refractivity contribution in [2.75, 3.05) is 0 Å². The lowest BCUT2D eigenvalue weighted by atomic mass is 9.76. The van der Waals surface area contributed by atoms with Crippen molar-refractivity contribution in [3.05, 3.63) is 0 Å². The quantitative estimate of drug-likeness (QED) is 0.649. The van der Waals surface area contributed by atoms with Crippen LogP contribution in [0.15, 0.2) is 0 Å². The fourth-order valence-electron chi connectivity index (χ4n) is 1.49. The number of rotatable bonds is 6. The first-order valence-corrected chi connectivity index (χ1v) is 4.88. The monoisotopic (exact) mass is 192 g/mol. The van der Waals surface area contributed by atoms with Gasteiger partial charge in [-0.2, -0.15) is 10.5 Å². The molecule has 0 aliphatic carbocycles.